The van der Waals surface area contributed by atoms with Crippen LogP contribution in [0.25, 0.3) is 0 Å². The first kappa shape index (κ1) is 22.5. The van der Waals surface area contributed by atoms with E-state index in [0.29, 0.717) is 11.1 Å². The summed E-state index contributed by atoms with van der Waals surface area (Å²) in [6.07, 6.45) is 2.56. The highest BCUT2D eigenvalue weighted by atomic mass is 32.2. The van der Waals surface area contributed by atoms with Gasteiger partial charge >= 0.3 is 0 Å². The van der Waals surface area contributed by atoms with Gasteiger partial charge in [0.05, 0.1) is 9.82 Å². The van der Waals surface area contributed by atoms with Crippen LogP contribution in [0.5, 0.6) is 0 Å². The van der Waals surface area contributed by atoms with E-state index in [9.17, 15) is 23.3 Å². The van der Waals surface area contributed by atoms with Gasteiger partial charge in [0, 0.05) is 28.9 Å². The van der Waals surface area contributed by atoms with E-state index in [0.717, 1.165) is 25.3 Å². The van der Waals surface area contributed by atoms with E-state index >= 15 is 0 Å². The Bertz CT molecular complexity index is 1320. The summed E-state index contributed by atoms with van der Waals surface area (Å²) in [7, 11) is -4.03. The zero-order valence-electron chi connectivity index (χ0n) is 17.9. The zero-order chi connectivity index (χ0) is 23.6. The molecule has 0 saturated heterocycles. The Morgan fingerprint density at radius 1 is 1.03 bits per heavy atom. The second kappa shape index (κ2) is 9.03. The van der Waals surface area contributed by atoms with Crippen molar-refractivity contribution in [2.45, 2.75) is 37.1 Å². The molecule has 1 aliphatic rings. The van der Waals surface area contributed by atoms with E-state index < -0.39 is 14.9 Å². The number of nitrogens with one attached hydrogen (secondary N) is 2. The van der Waals surface area contributed by atoms with Crippen molar-refractivity contribution >= 4 is 27.3 Å². The van der Waals surface area contributed by atoms with Gasteiger partial charge in [0.15, 0.2) is 0 Å². The smallest absolute Gasteiger partial charge is 0.273 e. The molecule has 1 unspecified atom stereocenters. The molecule has 0 fully saturated rings. The number of hydrogen-bond acceptors (Lipinski definition) is 5. The number of nitrogens with zero attached hydrogens (tertiary/aromatic N) is 1. The zero-order valence-corrected chi connectivity index (χ0v) is 18.8. The first-order chi connectivity index (χ1) is 15.7. The third-order valence-electron chi connectivity index (χ3n) is 5.77. The minimum Gasteiger partial charge on any atom is -0.349 e. The van der Waals surface area contributed by atoms with Gasteiger partial charge in [0.2, 0.25) is 0 Å². The summed E-state index contributed by atoms with van der Waals surface area (Å²) < 4.78 is 27.7. The Labute approximate surface area is 191 Å². The summed E-state index contributed by atoms with van der Waals surface area (Å²) in [5, 5.41) is 14.2. The molecular weight excluding hydrogens is 442 g/mol. The molecule has 0 aromatic heterocycles. The molecule has 0 spiro atoms. The van der Waals surface area contributed by atoms with Crippen molar-refractivity contribution in [2.24, 2.45) is 0 Å². The second-order valence-corrected chi connectivity index (χ2v) is 9.75. The number of anilines is 1. The van der Waals surface area contributed by atoms with Crippen molar-refractivity contribution in [3.63, 3.8) is 0 Å². The summed E-state index contributed by atoms with van der Waals surface area (Å²) in [4.78, 5) is 23.0. The summed E-state index contributed by atoms with van der Waals surface area (Å²) in [5.41, 5.74) is 3.34. The van der Waals surface area contributed by atoms with Gasteiger partial charge in [-0.15, -0.1) is 0 Å². The van der Waals surface area contributed by atoms with Gasteiger partial charge in [-0.25, -0.2) is 8.42 Å². The predicted molar refractivity (Wildman–Crippen MR) is 125 cm³/mol. The Balaban J connectivity index is 1.42. The minimum absolute atomic E-state index is 0.0444. The fourth-order valence-electron chi connectivity index (χ4n) is 3.95. The third-order valence-corrected chi connectivity index (χ3v) is 7.15. The molecule has 33 heavy (non-hydrogen) atoms. The Hall–Kier alpha value is -3.72. The molecule has 0 aliphatic heterocycles. The number of hydrogen-bond donors (Lipinski definition) is 2. The van der Waals surface area contributed by atoms with E-state index in [-0.39, 0.29) is 28.2 Å². The highest BCUT2D eigenvalue weighted by Gasteiger charge is 2.22. The van der Waals surface area contributed by atoms with Crippen LogP contribution >= 0.6 is 0 Å². The molecule has 3 aromatic carbocycles. The SMILES string of the molecule is Cc1ccc(S(=O)(=O)Nc2ccc(C(=O)NC3CCc4ccccc4C3)cc2)cc1[N+](=O)[O-]. The van der Waals surface area contributed by atoms with Crippen molar-refractivity contribution < 1.29 is 18.1 Å². The van der Waals surface area contributed by atoms with Crippen LogP contribution in [-0.4, -0.2) is 25.3 Å². The number of aryl methyl sites for hydroxylation is 2. The number of carbonyl (C=O) groups excluding carboxylic acids is 1. The predicted octanol–water partition coefficient (Wildman–Crippen LogP) is 3.99. The molecule has 0 radical (unpaired) electrons. The van der Waals surface area contributed by atoms with Crippen LogP contribution in [0.15, 0.2) is 71.6 Å². The lowest BCUT2D eigenvalue weighted by atomic mass is 9.88. The lowest BCUT2D eigenvalue weighted by Crippen LogP contribution is -2.38. The topological polar surface area (TPSA) is 118 Å². The maximum Gasteiger partial charge on any atom is 0.273 e. The highest BCUT2D eigenvalue weighted by molar-refractivity contribution is 7.92. The van der Waals surface area contributed by atoms with Gasteiger partial charge in [-0.2, -0.15) is 0 Å². The summed E-state index contributed by atoms with van der Waals surface area (Å²) in [5.74, 6) is -0.219. The van der Waals surface area contributed by atoms with Crippen LogP contribution in [-0.2, 0) is 22.9 Å². The third kappa shape index (κ3) is 5.04. The molecule has 170 valence electrons. The molecular formula is C24H23N3O5S. The summed E-state index contributed by atoms with van der Waals surface area (Å²) in [6.45, 7) is 1.54. The van der Waals surface area contributed by atoms with E-state index in [4.69, 9.17) is 0 Å². The number of sulfonamides is 1. The van der Waals surface area contributed by atoms with Crippen molar-refractivity contribution in [2.75, 3.05) is 4.72 Å². The quantitative estimate of drug-likeness (QED) is 0.421. The van der Waals surface area contributed by atoms with Crippen LogP contribution in [0, 0.1) is 17.0 Å². The largest absolute Gasteiger partial charge is 0.349 e. The maximum atomic E-state index is 12.7. The number of nitro groups is 1. The second-order valence-electron chi connectivity index (χ2n) is 8.07. The molecule has 9 heteroatoms. The van der Waals surface area contributed by atoms with E-state index in [1.165, 1.54) is 42.3 Å². The number of fused-ring (bicyclic) bond motifs is 1. The van der Waals surface area contributed by atoms with Gasteiger partial charge in [0.1, 0.15) is 0 Å². The number of benzene rings is 3. The van der Waals surface area contributed by atoms with Gasteiger partial charge in [-0.05, 0) is 67.6 Å². The fourth-order valence-corrected chi connectivity index (χ4v) is 5.02. The lowest BCUT2D eigenvalue weighted by Gasteiger charge is -2.25. The Morgan fingerprint density at radius 2 is 1.73 bits per heavy atom. The van der Waals surface area contributed by atoms with Crippen LogP contribution in [0.2, 0.25) is 0 Å². The van der Waals surface area contributed by atoms with Crippen LogP contribution in [0.1, 0.15) is 33.5 Å². The van der Waals surface area contributed by atoms with Crippen LogP contribution in [0.4, 0.5) is 11.4 Å². The van der Waals surface area contributed by atoms with Crippen molar-refractivity contribution in [1.29, 1.82) is 0 Å². The monoisotopic (exact) mass is 465 g/mol. The Kier molecular flexibility index (Phi) is 6.15. The van der Waals surface area contributed by atoms with E-state index in [2.05, 4.69) is 22.2 Å². The van der Waals surface area contributed by atoms with Crippen molar-refractivity contribution in [3.05, 3.63) is 99.1 Å². The summed E-state index contributed by atoms with van der Waals surface area (Å²) >= 11 is 0. The number of nitro benzene ring substituents is 1. The van der Waals surface area contributed by atoms with Gasteiger partial charge < -0.3 is 5.32 Å². The van der Waals surface area contributed by atoms with Gasteiger partial charge in [-0.3, -0.25) is 19.6 Å². The van der Waals surface area contributed by atoms with Crippen LogP contribution in [0.3, 0.4) is 0 Å². The molecule has 8 nitrogen and oxygen atoms in total. The Morgan fingerprint density at radius 3 is 2.42 bits per heavy atom. The standard InChI is InChI=1S/C24H23N3O5S/c1-16-6-13-22(15-23(16)27(29)30)33(31,32)26-20-10-8-18(9-11-20)24(28)25-21-12-7-17-4-2-3-5-19(17)14-21/h2-6,8-11,13,15,21,26H,7,12,14H2,1H3,(H,25,28). The van der Waals surface area contributed by atoms with E-state index in [1.54, 1.807) is 12.1 Å². The highest BCUT2D eigenvalue weighted by Crippen LogP contribution is 2.25. The maximum absolute atomic E-state index is 12.7. The molecule has 0 saturated carbocycles. The average molecular weight is 466 g/mol. The molecule has 1 aliphatic carbocycles. The first-order valence-corrected chi connectivity index (χ1v) is 12.0. The van der Waals surface area contributed by atoms with Crippen molar-refractivity contribution in [1.82, 2.24) is 5.32 Å². The van der Waals surface area contributed by atoms with Crippen molar-refractivity contribution in [3.8, 4) is 0 Å². The molecule has 0 bridgehead atoms. The normalized spacial score (nSPS) is 15.4. The van der Waals surface area contributed by atoms with Gasteiger partial charge in [-0.1, -0.05) is 30.3 Å². The molecule has 0 heterocycles. The van der Waals surface area contributed by atoms with Crippen LogP contribution < -0.4 is 10.0 Å². The summed E-state index contributed by atoms with van der Waals surface area (Å²) in [6, 6.07) is 18.1. The molecule has 1 amide bonds. The number of rotatable bonds is 6. The average Bonchev–Trinajstić information content (AvgIpc) is 2.79. The van der Waals surface area contributed by atoms with Gasteiger partial charge in [0.25, 0.3) is 21.6 Å². The molecule has 2 N–H and O–H groups in total. The lowest BCUT2D eigenvalue weighted by molar-refractivity contribution is -0.385. The molecule has 4 rings (SSSR count). The van der Waals surface area contributed by atoms with E-state index in [1.807, 2.05) is 12.1 Å². The first-order valence-electron chi connectivity index (χ1n) is 10.5. The fraction of sp³-hybridized carbons (Fsp3) is 0.208. The molecule has 1 atom stereocenters. The number of carbonyl (C=O) groups is 1. The number of amides is 1. The minimum atomic E-state index is -4.03. The molecule has 3 aromatic rings.